The molecule has 6 nitrogen and oxygen atoms in total. The molecule has 2 atom stereocenters. The molecule has 0 fully saturated rings. The zero-order valence-electron chi connectivity index (χ0n) is 14.7. The first kappa shape index (κ1) is 20.4. The van der Waals surface area contributed by atoms with Gasteiger partial charge in [0.1, 0.15) is 16.7 Å². The Kier molecular flexibility index (Phi) is 5.80. The SMILES string of the molecule is COCCNC(=O)c1nn2c(c1Cl)N[C@@H](c1ccc(F)cc1)C[C@H]2C(F)(F)F. The summed E-state index contributed by atoms with van der Waals surface area (Å²) in [6, 6.07) is 2.37. The summed E-state index contributed by atoms with van der Waals surface area (Å²) in [5.74, 6) is -1.31. The molecule has 1 aromatic heterocycles. The minimum atomic E-state index is -4.62. The molecule has 11 heteroatoms. The molecular weight excluding hydrogens is 404 g/mol. The number of halogens is 5. The first-order chi connectivity index (χ1) is 13.2. The molecule has 0 saturated heterocycles. The average Bonchev–Trinajstić information content (AvgIpc) is 2.98. The molecule has 0 radical (unpaired) electrons. The molecule has 1 aliphatic rings. The molecule has 2 aromatic rings. The van der Waals surface area contributed by atoms with Crippen LogP contribution in [0, 0.1) is 5.82 Å². The van der Waals surface area contributed by atoms with Crippen molar-refractivity contribution in [1.29, 1.82) is 0 Å². The number of aromatic nitrogens is 2. The monoisotopic (exact) mass is 420 g/mol. The van der Waals surface area contributed by atoms with Crippen molar-refractivity contribution in [3.63, 3.8) is 0 Å². The summed E-state index contributed by atoms with van der Waals surface area (Å²) in [5.41, 5.74) is 0.152. The number of hydrogen-bond acceptors (Lipinski definition) is 4. The largest absolute Gasteiger partial charge is 0.410 e. The van der Waals surface area contributed by atoms with Crippen molar-refractivity contribution in [3.8, 4) is 0 Å². The summed E-state index contributed by atoms with van der Waals surface area (Å²) >= 11 is 6.18. The summed E-state index contributed by atoms with van der Waals surface area (Å²) in [6.07, 6.45) is -5.00. The van der Waals surface area contributed by atoms with Gasteiger partial charge in [-0.1, -0.05) is 23.7 Å². The number of methoxy groups -OCH3 is 1. The van der Waals surface area contributed by atoms with Crippen molar-refractivity contribution >= 4 is 23.3 Å². The second-order valence-corrected chi connectivity index (χ2v) is 6.62. The lowest BCUT2D eigenvalue weighted by molar-refractivity contribution is -0.173. The van der Waals surface area contributed by atoms with E-state index < -0.39 is 30.0 Å². The number of benzene rings is 1. The van der Waals surface area contributed by atoms with Crippen LogP contribution < -0.4 is 10.6 Å². The maximum atomic E-state index is 13.7. The normalized spacial score (nSPS) is 19.1. The molecule has 2 heterocycles. The van der Waals surface area contributed by atoms with E-state index in [0.29, 0.717) is 10.2 Å². The number of fused-ring (bicyclic) bond motifs is 1. The van der Waals surface area contributed by atoms with Crippen LogP contribution in [0.2, 0.25) is 5.02 Å². The lowest BCUT2D eigenvalue weighted by atomic mass is 9.97. The summed E-state index contributed by atoms with van der Waals surface area (Å²) < 4.78 is 59.6. The molecular formula is C17H17ClF4N4O2. The lowest BCUT2D eigenvalue weighted by Gasteiger charge is -2.33. The number of alkyl halides is 3. The van der Waals surface area contributed by atoms with Gasteiger partial charge < -0.3 is 15.4 Å². The third kappa shape index (κ3) is 4.07. The second kappa shape index (κ2) is 7.96. The molecule has 28 heavy (non-hydrogen) atoms. The fourth-order valence-corrected chi connectivity index (χ4v) is 3.26. The van der Waals surface area contributed by atoms with E-state index in [2.05, 4.69) is 15.7 Å². The summed E-state index contributed by atoms with van der Waals surface area (Å²) in [5, 5.41) is 8.96. The molecule has 1 aromatic carbocycles. The van der Waals surface area contributed by atoms with Gasteiger partial charge in [0.2, 0.25) is 0 Å². The van der Waals surface area contributed by atoms with Gasteiger partial charge in [-0.2, -0.15) is 18.3 Å². The molecule has 0 unspecified atom stereocenters. The van der Waals surface area contributed by atoms with Crippen LogP contribution in [0.4, 0.5) is 23.4 Å². The Hall–Kier alpha value is -2.33. The zero-order chi connectivity index (χ0) is 20.5. The molecule has 0 bridgehead atoms. The Balaban J connectivity index is 1.96. The van der Waals surface area contributed by atoms with Crippen molar-refractivity contribution in [2.75, 3.05) is 25.6 Å². The number of anilines is 1. The van der Waals surface area contributed by atoms with Crippen LogP contribution in [-0.2, 0) is 4.74 Å². The van der Waals surface area contributed by atoms with E-state index in [1.54, 1.807) is 0 Å². The average molecular weight is 421 g/mol. The van der Waals surface area contributed by atoms with E-state index >= 15 is 0 Å². The molecule has 0 spiro atoms. The van der Waals surface area contributed by atoms with Crippen LogP contribution in [-0.4, -0.2) is 42.1 Å². The van der Waals surface area contributed by atoms with Gasteiger partial charge in [-0.05, 0) is 17.7 Å². The van der Waals surface area contributed by atoms with E-state index in [9.17, 15) is 22.4 Å². The predicted molar refractivity (Wildman–Crippen MR) is 93.9 cm³/mol. The lowest BCUT2D eigenvalue weighted by Crippen LogP contribution is -2.36. The van der Waals surface area contributed by atoms with Gasteiger partial charge in [0, 0.05) is 20.1 Å². The summed E-state index contributed by atoms with van der Waals surface area (Å²) in [4.78, 5) is 12.2. The van der Waals surface area contributed by atoms with Crippen LogP contribution in [0.1, 0.15) is 34.6 Å². The smallest absolute Gasteiger partial charge is 0.383 e. The van der Waals surface area contributed by atoms with Gasteiger partial charge in [-0.15, -0.1) is 0 Å². The number of rotatable bonds is 5. The Morgan fingerprint density at radius 1 is 1.39 bits per heavy atom. The van der Waals surface area contributed by atoms with E-state index in [1.165, 1.54) is 31.4 Å². The van der Waals surface area contributed by atoms with Gasteiger partial charge in [-0.3, -0.25) is 4.79 Å². The number of amides is 1. The number of nitrogens with one attached hydrogen (secondary N) is 2. The number of carbonyl (C=O) groups excluding carboxylic acids is 1. The fraction of sp³-hybridized carbons (Fsp3) is 0.412. The molecule has 0 aliphatic carbocycles. The van der Waals surface area contributed by atoms with E-state index in [1.807, 2.05) is 0 Å². The molecule has 2 N–H and O–H groups in total. The number of carbonyl (C=O) groups is 1. The molecule has 152 valence electrons. The first-order valence-corrected chi connectivity index (χ1v) is 8.74. The quantitative estimate of drug-likeness (QED) is 0.571. The number of hydrogen-bond donors (Lipinski definition) is 2. The predicted octanol–water partition coefficient (Wildman–Crippen LogP) is 3.71. The highest BCUT2D eigenvalue weighted by Crippen LogP contribution is 2.46. The third-order valence-electron chi connectivity index (χ3n) is 4.37. The van der Waals surface area contributed by atoms with Gasteiger partial charge in [-0.25, -0.2) is 9.07 Å². The highest BCUT2D eigenvalue weighted by Gasteiger charge is 2.47. The summed E-state index contributed by atoms with van der Waals surface area (Å²) in [6.45, 7) is 0.384. The molecule has 1 aliphatic heterocycles. The Labute approximate surface area is 162 Å². The van der Waals surface area contributed by atoms with Crippen molar-refractivity contribution in [3.05, 3.63) is 46.4 Å². The molecule has 1 amide bonds. The highest BCUT2D eigenvalue weighted by atomic mass is 35.5. The molecule has 3 rings (SSSR count). The van der Waals surface area contributed by atoms with Crippen molar-refractivity contribution in [2.45, 2.75) is 24.7 Å². The summed E-state index contributed by atoms with van der Waals surface area (Å²) in [7, 11) is 1.45. The Morgan fingerprint density at radius 3 is 2.68 bits per heavy atom. The van der Waals surface area contributed by atoms with E-state index in [-0.39, 0.29) is 36.1 Å². The topological polar surface area (TPSA) is 68.2 Å². The van der Waals surface area contributed by atoms with Crippen molar-refractivity contribution in [2.24, 2.45) is 0 Å². The van der Waals surface area contributed by atoms with Gasteiger partial charge >= 0.3 is 6.18 Å². The van der Waals surface area contributed by atoms with E-state index in [4.69, 9.17) is 16.3 Å². The fourth-order valence-electron chi connectivity index (χ4n) is 3.00. The van der Waals surface area contributed by atoms with Gasteiger partial charge in [0.15, 0.2) is 11.7 Å². The first-order valence-electron chi connectivity index (χ1n) is 8.36. The van der Waals surface area contributed by atoms with E-state index in [0.717, 1.165) is 0 Å². The minimum absolute atomic E-state index is 0.110. The Bertz CT molecular complexity index is 854. The number of ether oxygens (including phenoxy) is 1. The Morgan fingerprint density at radius 2 is 2.07 bits per heavy atom. The van der Waals surface area contributed by atoms with Crippen molar-refractivity contribution < 1.29 is 27.1 Å². The molecule has 0 saturated carbocycles. The maximum Gasteiger partial charge on any atom is 0.410 e. The van der Waals surface area contributed by atoms with Crippen LogP contribution in [0.25, 0.3) is 0 Å². The minimum Gasteiger partial charge on any atom is -0.383 e. The highest BCUT2D eigenvalue weighted by molar-refractivity contribution is 6.36. The standard InChI is InChI=1S/C17H17ClF4N4O2/c1-28-7-6-23-16(27)14-13(18)15-24-11(9-2-4-10(19)5-3-9)8-12(17(20,21)22)26(15)25-14/h2-5,11-12,24H,6-8H2,1H3,(H,23,27)/t11-,12+/m1/s1. The van der Waals surface area contributed by atoms with Crippen molar-refractivity contribution in [1.82, 2.24) is 15.1 Å². The van der Waals surface area contributed by atoms with Crippen LogP contribution in [0.3, 0.4) is 0 Å². The van der Waals surface area contributed by atoms with Gasteiger partial charge in [0.05, 0.1) is 12.6 Å². The van der Waals surface area contributed by atoms with Crippen LogP contribution in [0.15, 0.2) is 24.3 Å². The zero-order valence-corrected chi connectivity index (χ0v) is 15.4. The van der Waals surface area contributed by atoms with Crippen LogP contribution in [0.5, 0.6) is 0 Å². The van der Waals surface area contributed by atoms with Gasteiger partial charge in [0.25, 0.3) is 5.91 Å². The maximum absolute atomic E-state index is 13.7. The van der Waals surface area contributed by atoms with Crippen LogP contribution >= 0.6 is 11.6 Å². The second-order valence-electron chi connectivity index (χ2n) is 6.25. The number of nitrogens with zero attached hydrogens (tertiary/aromatic N) is 2. The third-order valence-corrected chi connectivity index (χ3v) is 4.73.